The van der Waals surface area contributed by atoms with Gasteiger partial charge in [-0.2, -0.15) is 0 Å². The van der Waals surface area contributed by atoms with E-state index in [0.29, 0.717) is 19.1 Å². The summed E-state index contributed by atoms with van der Waals surface area (Å²) in [4.78, 5) is 23.8. The van der Waals surface area contributed by atoms with Crippen molar-refractivity contribution in [3.8, 4) is 0 Å². The quantitative estimate of drug-likeness (QED) is 0.241. The summed E-state index contributed by atoms with van der Waals surface area (Å²) in [7, 11) is 0. The second-order valence-electron chi connectivity index (χ2n) is 8.32. The maximum absolute atomic E-state index is 12.0. The normalized spacial score (nSPS) is 19.3. The molecule has 1 aromatic carbocycles. The SMILES string of the molecule is CCNC(=NCc1ccc(N2CC=CC2)cc1)N1CCN(CC(=O)NC2CC2)CC1.I. The van der Waals surface area contributed by atoms with Gasteiger partial charge in [0.1, 0.15) is 0 Å². The molecular formula is C23H35IN6O. The van der Waals surface area contributed by atoms with Gasteiger partial charge in [-0.25, -0.2) is 4.99 Å². The van der Waals surface area contributed by atoms with Gasteiger partial charge in [-0.3, -0.25) is 9.69 Å². The summed E-state index contributed by atoms with van der Waals surface area (Å²) in [5.74, 6) is 1.13. The summed E-state index contributed by atoms with van der Waals surface area (Å²) < 4.78 is 0. The van der Waals surface area contributed by atoms with Crippen LogP contribution < -0.4 is 15.5 Å². The lowest BCUT2D eigenvalue weighted by Gasteiger charge is -2.36. The lowest BCUT2D eigenvalue weighted by molar-refractivity contribution is -0.122. The molecule has 1 aliphatic carbocycles. The Labute approximate surface area is 203 Å². The number of carbonyl (C=O) groups is 1. The van der Waals surface area contributed by atoms with E-state index in [9.17, 15) is 4.79 Å². The van der Waals surface area contributed by atoms with Crippen molar-refractivity contribution in [3.05, 3.63) is 42.0 Å². The molecule has 8 heteroatoms. The Hall–Kier alpha value is -1.81. The van der Waals surface area contributed by atoms with Crippen molar-refractivity contribution >= 4 is 41.5 Å². The number of carbonyl (C=O) groups excluding carboxylic acids is 1. The minimum absolute atomic E-state index is 0. The van der Waals surface area contributed by atoms with Gasteiger partial charge in [-0.15, -0.1) is 24.0 Å². The van der Waals surface area contributed by atoms with Crippen LogP contribution in [0.5, 0.6) is 0 Å². The van der Waals surface area contributed by atoms with E-state index in [1.807, 2.05) is 0 Å². The number of hydrogen-bond donors (Lipinski definition) is 2. The molecule has 1 saturated heterocycles. The summed E-state index contributed by atoms with van der Waals surface area (Å²) in [5.41, 5.74) is 2.48. The summed E-state index contributed by atoms with van der Waals surface area (Å²) >= 11 is 0. The smallest absolute Gasteiger partial charge is 0.234 e. The fraction of sp³-hybridized carbons (Fsp3) is 0.565. The Morgan fingerprint density at radius 2 is 1.74 bits per heavy atom. The number of benzene rings is 1. The van der Waals surface area contributed by atoms with Crippen LogP contribution in [0.1, 0.15) is 25.3 Å². The minimum atomic E-state index is 0. The second-order valence-corrected chi connectivity index (χ2v) is 8.32. The van der Waals surface area contributed by atoms with Gasteiger partial charge in [0.25, 0.3) is 0 Å². The molecule has 0 atom stereocenters. The number of piperazine rings is 1. The first-order valence-corrected chi connectivity index (χ1v) is 11.2. The van der Waals surface area contributed by atoms with Crippen molar-refractivity contribution in [1.82, 2.24) is 20.4 Å². The highest BCUT2D eigenvalue weighted by Crippen LogP contribution is 2.19. The number of anilines is 1. The number of guanidine groups is 1. The number of halogens is 1. The fourth-order valence-corrected chi connectivity index (χ4v) is 3.91. The van der Waals surface area contributed by atoms with E-state index in [2.05, 4.69) is 68.7 Å². The Bertz CT molecular complexity index is 761. The van der Waals surface area contributed by atoms with Gasteiger partial charge in [0.2, 0.25) is 5.91 Å². The summed E-state index contributed by atoms with van der Waals surface area (Å²) in [5, 5.41) is 6.51. The van der Waals surface area contributed by atoms with Crippen molar-refractivity contribution in [3.63, 3.8) is 0 Å². The van der Waals surface area contributed by atoms with Crippen molar-refractivity contribution in [2.75, 3.05) is 57.3 Å². The number of nitrogens with one attached hydrogen (secondary N) is 2. The highest BCUT2D eigenvalue weighted by atomic mass is 127. The van der Waals surface area contributed by atoms with Gasteiger partial charge in [-0.1, -0.05) is 24.3 Å². The van der Waals surface area contributed by atoms with E-state index in [4.69, 9.17) is 4.99 Å². The highest BCUT2D eigenvalue weighted by molar-refractivity contribution is 14.0. The average Bonchev–Trinajstić information content (AvgIpc) is 3.40. The maximum Gasteiger partial charge on any atom is 0.234 e. The zero-order valence-electron chi connectivity index (χ0n) is 18.4. The molecule has 0 unspecified atom stereocenters. The standard InChI is InChI=1S/C23H34N6O.HI/c1-2-24-23(25-17-19-5-9-21(10-6-19)28-11-3-4-12-28)29-15-13-27(14-16-29)18-22(30)26-20-7-8-20;/h3-6,9-10,20H,2,7-8,11-18H2,1H3,(H,24,25)(H,26,30);1H. The predicted molar refractivity (Wildman–Crippen MR) is 137 cm³/mol. The van der Waals surface area contributed by atoms with Crippen molar-refractivity contribution in [2.24, 2.45) is 4.99 Å². The van der Waals surface area contributed by atoms with Crippen molar-refractivity contribution in [1.29, 1.82) is 0 Å². The van der Waals surface area contributed by atoms with Crippen LogP contribution >= 0.6 is 24.0 Å². The Balaban J connectivity index is 0.00000272. The van der Waals surface area contributed by atoms with Crippen LogP contribution in [0.25, 0.3) is 0 Å². The number of hydrogen-bond acceptors (Lipinski definition) is 4. The Morgan fingerprint density at radius 1 is 1.06 bits per heavy atom. The van der Waals surface area contributed by atoms with E-state index in [0.717, 1.165) is 64.6 Å². The fourth-order valence-electron chi connectivity index (χ4n) is 3.91. The van der Waals surface area contributed by atoms with Gasteiger partial charge in [-0.05, 0) is 37.5 Å². The van der Waals surface area contributed by atoms with Crippen LogP contribution in [-0.4, -0.2) is 80.1 Å². The number of amides is 1. The number of nitrogens with zero attached hydrogens (tertiary/aromatic N) is 4. The Kier molecular flexibility index (Phi) is 9.01. The lowest BCUT2D eigenvalue weighted by atomic mass is 10.2. The third-order valence-electron chi connectivity index (χ3n) is 5.85. The third kappa shape index (κ3) is 7.10. The van der Waals surface area contributed by atoms with E-state index in [-0.39, 0.29) is 29.9 Å². The molecule has 0 bridgehead atoms. The first-order valence-electron chi connectivity index (χ1n) is 11.2. The predicted octanol–water partition coefficient (Wildman–Crippen LogP) is 2.04. The molecule has 2 aliphatic heterocycles. The molecule has 3 aliphatic rings. The number of aliphatic imine (C=N–C) groups is 1. The van der Waals surface area contributed by atoms with E-state index < -0.39 is 0 Å². The molecule has 0 aromatic heterocycles. The summed E-state index contributed by atoms with van der Waals surface area (Å²) in [6, 6.07) is 9.17. The largest absolute Gasteiger partial charge is 0.364 e. The maximum atomic E-state index is 12.0. The minimum Gasteiger partial charge on any atom is -0.364 e. The molecule has 0 radical (unpaired) electrons. The molecular weight excluding hydrogens is 503 g/mol. The van der Waals surface area contributed by atoms with Crippen LogP contribution in [0.15, 0.2) is 41.4 Å². The molecule has 2 N–H and O–H groups in total. The van der Waals surface area contributed by atoms with E-state index in [1.54, 1.807) is 0 Å². The van der Waals surface area contributed by atoms with Crippen LogP contribution in [0.2, 0.25) is 0 Å². The number of rotatable bonds is 7. The van der Waals surface area contributed by atoms with E-state index in [1.165, 1.54) is 11.3 Å². The molecule has 1 saturated carbocycles. The first-order chi connectivity index (χ1) is 14.7. The zero-order chi connectivity index (χ0) is 20.8. The van der Waals surface area contributed by atoms with Gasteiger partial charge in [0.15, 0.2) is 5.96 Å². The van der Waals surface area contributed by atoms with Crippen LogP contribution in [0.3, 0.4) is 0 Å². The van der Waals surface area contributed by atoms with Gasteiger partial charge in [0, 0.05) is 57.5 Å². The molecule has 2 heterocycles. The van der Waals surface area contributed by atoms with Crippen LogP contribution in [-0.2, 0) is 11.3 Å². The van der Waals surface area contributed by atoms with Crippen LogP contribution in [0.4, 0.5) is 5.69 Å². The lowest BCUT2D eigenvalue weighted by Crippen LogP contribution is -2.54. The molecule has 1 aromatic rings. The average molecular weight is 538 g/mol. The molecule has 0 spiro atoms. The summed E-state index contributed by atoms with van der Waals surface area (Å²) in [6.07, 6.45) is 6.70. The molecule has 31 heavy (non-hydrogen) atoms. The zero-order valence-corrected chi connectivity index (χ0v) is 20.8. The van der Waals surface area contributed by atoms with Gasteiger partial charge < -0.3 is 20.4 Å². The molecule has 2 fully saturated rings. The Morgan fingerprint density at radius 3 is 2.35 bits per heavy atom. The molecule has 1 amide bonds. The molecule has 7 nitrogen and oxygen atoms in total. The molecule has 170 valence electrons. The van der Waals surface area contributed by atoms with Crippen molar-refractivity contribution < 1.29 is 4.79 Å². The highest BCUT2D eigenvalue weighted by Gasteiger charge is 2.25. The van der Waals surface area contributed by atoms with Crippen LogP contribution in [0, 0.1) is 0 Å². The third-order valence-corrected chi connectivity index (χ3v) is 5.85. The van der Waals surface area contributed by atoms with Gasteiger partial charge in [0.05, 0.1) is 13.1 Å². The van der Waals surface area contributed by atoms with Gasteiger partial charge >= 0.3 is 0 Å². The van der Waals surface area contributed by atoms with E-state index >= 15 is 0 Å². The van der Waals surface area contributed by atoms with Crippen molar-refractivity contribution in [2.45, 2.75) is 32.4 Å². The monoisotopic (exact) mass is 538 g/mol. The molecule has 4 rings (SSSR count). The topological polar surface area (TPSA) is 63.2 Å². The first kappa shape index (κ1) is 23.8. The summed E-state index contributed by atoms with van der Waals surface area (Å²) in [6.45, 7) is 9.69. The second kappa shape index (κ2) is 11.7.